The Labute approximate surface area is 182 Å². The van der Waals surface area contributed by atoms with Crippen molar-refractivity contribution < 1.29 is 27.3 Å². The van der Waals surface area contributed by atoms with Crippen molar-refractivity contribution in [3.63, 3.8) is 0 Å². The van der Waals surface area contributed by atoms with Gasteiger partial charge in [-0.05, 0) is 36.6 Å². The number of rotatable bonds is 4. The molecule has 0 saturated carbocycles. The van der Waals surface area contributed by atoms with Crippen molar-refractivity contribution in [3.8, 4) is 5.75 Å². The highest BCUT2D eigenvalue weighted by Crippen LogP contribution is 2.34. The fraction of sp³-hybridized carbons (Fsp3) is 0.200. The highest BCUT2D eigenvalue weighted by molar-refractivity contribution is 6.02. The van der Waals surface area contributed by atoms with Gasteiger partial charge in [0.25, 0.3) is 0 Å². The van der Waals surface area contributed by atoms with Crippen LogP contribution in [-0.2, 0) is 13.0 Å². The first-order chi connectivity index (χ1) is 15.4. The van der Waals surface area contributed by atoms with Gasteiger partial charge in [-0.15, -0.1) is 13.2 Å². The second-order valence-electron chi connectivity index (χ2n) is 7.95. The molecule has 2 aromatic carbocycles. The summed E-state index contributed by atoms with van der Waals surface area (Å²) in [6, 6.07) is 17.6. The molecule has 1 unspecified atom stereocenters. The monoisotopic (exact) mass is 437 g/mol. The minimum Gasteiger partial charge on any atom is -0.406 e. The Kier molecular flexibility index (Phi) is 4.96. The fourth-order valence-electron chi connectivity index (χ4n) is 4.39. The number of ether oxygens (including phenoxy) is 1. The molecule has 32 heavy (non-hydrogen) atoms. The Morgan fingerprint density at radius 1 is 1.06 bits per heavy atom. The zero-order chi connectivity index (χ0) is 22.3. The van der Waals surface area contributed by atoms with Crippen LogP contribution in [0, 0.1) is 0 Å². The predicted octanol–water partition coefficient (Wildman–Crippen LogP) is 5.25. The minimum absolute atomic E-state index is 0.197. The van der Waals surface area contributed by atoms with Gasteiger partial charge in [-0.25, -0.2) is 4.57 Å². The summed E-state index contributed by atoms with van der Waals surface area (Å²) < 4.78 is 45.8. The highest BCUT2D eigenvalue weighted by Gasteiger charge is 2.33. The number of nitrogens with zero attached hydrogens (tertiary/aromatic N) is 2. The molecule has 0 fully saturated rings. The van der Waals surface area contributed by atoms with Crippen molar-refractivity contribution in [1.82, 2.24) is 4.57 Å². The Balaban J connectivity index is 1.43. The number of halogens is 3. The summed E-state index contributed by atoms with van der Waals surface area (Å²) in [6.07, 6.45) is 2.29. The van der Waals surface area contributed by atoms with E-state index in [1.807, 2.05) is 53.5 Å². The summed E-state index contributed by atoms with van der Waals surface area (Å²) in [4.78, 5) is 13.2. The molecule has 4 nitrogen and oxygen atoms in total. The van der Waals surface area contributed by atoms with Crippen LogP contribution in [0.3, 0.4) is 0 Å². The Bertz CT molecular complexity index is 1300. The van der Waals surface area contributed by atoms with Crippen LogP contribution < -0.4 is 9.30 Å². The maximum atomic E-state index is 13.2. The zero-order valence-corrected chi connectivity index (χ0v) is 17.0. The number of Topliss-reactive ketones (excluding diaryl/α,β-unsaturated/α-hetero) is 1. The number of carbonyl (C=O) groups is 1. The number of ketones is 1. The molecule has 7 heteroatoms. The number of pyridine rings is 1. The summed E-state index contributed by atoms with van der Waals surface area (Å²) in [7, 11) is 0. The molecular weight excluding hydrogens is 417 g/mol. The summed E-state index contributed by atoms with van der Waals surface area (Å²) in [5, 5.41) is 0.996. The number of aromatic nitrogens is 2. The molecule has 0 N–H and O–H groups in total. The van der Waals surface area contributed by atoms with Gasteiger partial charge >= 0.3 is 6.36 Å². The number of hydrogen-bond acceptors (Lipinski definition) is 2. The van der Waals surface area contributed by atoms with Crippen molar-refractivity contribution >= 4 is 16.7 Å². The van der Waals surface area contributed by atoms with Gasteiger partial charge in [0.15, 0.2) is 24.7 Å². The van der Waals surface area contributed by atoms with Crippen LogP contribution in [0.2, 0.25) is 0 Å². The van der Waals surface area contributed by atoms with E-state index in [1.54, 1.807) is 6.07 Å². The van der Waals surface area contributed by atoms with Gasteiger partial charge in [0.2, 0.25) is 0 Å². The van der Waals surface area contributed by atoms with Gasteiger partial charge in [0.05, 0.1) is 16.9 Å². The molecule has 2 aromatic heterocycles. The number of alkyl halides is 3. The first-order valence-corrected chi connectivity index (χ1v) is 10.3. The number of benzene rings is 2. The number of aryl methyl sites for hydroxylation is 1. The van der Waals surface area contributed by atoms with Crippen molar-refractivity contribution in [2.45, 2.75) is 31.8 Å². The van der Waals surface area contributed by atoms with E-state index in [-0.39, 0.29) is 11.5 Å². The van der Waals surface area contributed by atoms with Gasteiger partial charge in [-0.3, -0.25) is 4.79 Å². The van der Waals surface area contributed by atoms with Gasteiger partial charge < -0.3 is 9.30 Å². The molecular formula is C25H20F3N2O2+. The molecule has 0 bridgehead atoms. The molecule has 0 radical (unpaired) electrons. The summed E-state index contributed by atoms with van der Waals surface area (Å²) >= 11 is 0. The first-order valence-electron chi connectivity index (χ1n) is 10.3. The van der Waals surface area contributed by atoms with Crippen LogP contribution in [0.4, 0.5) is 13.2 Å². The lowest BCUT2D eigenvalue weighted by molar-refractivity contribution is -0.687. The SMILES string of the molecule is O=C1c2cc(OC(F)(F)F)ccc2CCC1n1ccc2c[n+](Cc3ccccc3)ccc21. The molecule has 1 aliphatic carbocycles. The lowest BCUT2D eigenvalue weighted by Crippen LogP contribution is -2.33. The Hall–Kier alpha value is -3.61. The zero-order valence-electron chi connectivity index (χ0n) is 17.0. The van der Waals surface area contributed by atoms with E-state index in [1.165, 1.54) is 17.7 Å². The minimum atomic E-state index is -4.79. The lowest BCUT2D eigenvalue weighted by atomic mass is 9.86. The van der Waals surface area contributed by atoms with Gasteiger partial charge in [0.1, 0.15) is 5.75 Å². The molecule has 5 rings (SSSR count). The summed E-state index contributed by atoms with van der Waals surface area (Å²) in [5.74, 6) is -0.568. The number of carbonyl (C=O) groups excluding carboxylic acids is 1. The van der Waals surface area contributed by atoms with Crippen LogP contribution in [-0.4, -0.2) is 16.7 Å². The van der Waals surface area contributed by atoms with Gasteiger partial charge in [0, 0.05) is 23.4 Å². The lowest BCUT2D eigenvalue weighted by Gasteiger charge is -2.25. The number of hydrogen-bond donors (Lipinski definition) is 0. The quantitative estimate of drug-likeness (QED) is 0.409. The predicted molar refractivity (Wildman–Crippen MR) is 112 cm³/mol. The van der Waals surface area contributed by atoms with E-state index in [9.17, 15) is 18.0 Å². The maximum absolute atomic E-state index is 13.2. The van der Waals surface area contributed by atoms with Crippen molar-refractivity contribution in [2.75, 3.05) is 0 Å². The maximum Gasteiger partial charge on any atom is 0.573 e. The second-order valence-corrected chi connectivity index (χ2v) is 7.95. The molecule has 0 amide bonds. The standard InChI is InChI=1S/C25H20F3N2O2/c26-25(27,28)32-20-8-6-18-7-9-23(24(31)21(18)14-20)30-13-10-19-16-29(12-11-22(19)30)15-17-4-2-1-3-5-17/h1-6,8,10-14,16,23H,7,9,15H2/q+1. The normalized spacial score (nSPS) is 16.2. The van der Waals surface area contributed by atoms with E-state index in [4.69, 9.17) is 0 Å². The summed E-state index contributed by atoms with van der Waals surface area (Å²) in [6.45, 7) is 0.736. The van der Waals surface area contributed by atoms with Crippen LogP contribution >= 0.6 is 0 Å². The van der Waals surface area contributed by atoms with E-state index in [0.717, 1.165) is 23.0 Å². The van der Waals surface area contributed by atoms with E-state index >= 15 is 0 Å². The van der Waals surface area contributed by atoms with Crippen LogP contribution in [0.5, 0.6) is 5.75 Å². The molecule has 162 valence electrons. The highest BCUT2D eigenvalue weighted by atomic mass is 19.4. The molecule has 0 aliphatic heterocycles. The average molecular weight is 437 g/mol. The second kappa shape index (κ2) is 7.82. The van der Waals surface area contributed by atoms with Crippen LogP contribution in [0.25, 0.3) is 10.9 Å². The molecule has 2 heterocycles. The van der Waals surface area contributed by atoms with Gasteiger partial charge in [-0.2, -0.15) is 0 Å². The van der Waals surface area contributed by atoms with Crippen LogP contribution in [0.1, 0.15) is 33.9 Å². The smallest absolute Gasteiger partial charge is 0.406 e. The Morgan fingerprint density at radius 3 is 2.66 bits per heavy atom. The molecule has 1 atom stereocenters. The van der Waals surface area contributed by atoms with E-state index in [0.29, 0.717) is 18.4 Å². The fourth-order valence-corrected chi connectivity index (χ4v) is 4.39. The third-order valence-electron chi connectivity index (χ3n) is 5.83. The van der Waals surface area contributed by atoms with Crippen molar-refractivity contribution in [1.29, 1.82) is 0 Å². The third-order valence-corrected chi connectivity index (χ3v) is 5.83. The first kappa shape index (κ1) is 20.3. The Morgan fingerprint density at radius 2 is 1.88 bits per heavy atom. The van der Waals surface area contributed by atoms with E-state index < -0.39 is 12.4 Å². The topological polar surface area (TPSA) is 35.1 Å². The van der Waals surface area contributed by atoms with E-state index in [2.05, 4.69) is 21.4 Å². The number of fused-ring (bicyclic) bond motifs is 2. The largest absolute Gasteiger partial charge is 0.573 e. The average Bonchev–Trinajstić information content (AvgIpc) is 3.17. The van der Waals surface area contributed by atoms with Crippen LogP contribution in [0.15, 0.2) is 79.3 Å². The molecule has 1 aliphatic rings. The molecule has 0 spiro atoms. The molecule has 0 saturated heterocycles. The third kappa shape index (κ3) is 3.98. The van der Waals surface area contributed by atoms with Gasteiger partial charge in [-0.1, -0.05) is 36.4 Å². The summed E-state index contributed by atoms with van der Waals surface area (Å²) in [5.41, 5.74) is 3.14. The van der Waals surface area contributed by atoms with Crippen molar-refractivity contribution in [3.05, 3.63) is 95.9 Å². The van der Waals surface area contributed by atoms with Crippen molar-refractivity contribution in [2.24, 2.45) is 0 Å². The molecule has 4 aromatic rings.